The van der Waals surface area contributed by atoms with Gasteiger partial charge in [-0.1, -0.05) is 24.3 Å². The Labute approximate surface area is 132 Å². The SMILES string of the molecule is N#Cc1ccc(C=CCS(=O)(=O)CCC2CCNCC2)cc1. The number of hydrogen-bond acceptors (Lipinski definition) is 4. The highest BCUT2D eigenvalue weighted by molar-refractivity contribution is 7.91. The van der Waals surface area contributed by atoms with E-state index in [0.717, 1.165) is 37.9 Å². The second-order valence-corrected chi connectivity index (χ2v) is 7.96. The van der Waals surface area contributed by atoms with E-state index in [2.05, 4.69) is 11.4 Å². The Morgan fingerprint density at radius 2 is 1.91 bits per heavy atom. The largest absolute Gasteiger partial charge is 0.317 e. The lowest BCUT2D eigenvalue weighted by Crippen LogP contribution is -2.28. The van der Waals surface area contributed by atoms with E-state index in [1.54, 1.807) is 24.3 Å². The molecule has 0 unspecified atom stereocenters. The summed E-state index contributed by atoms with van der Waals surface area (Å²) >= 11 is 0. The number of piperidine rings is 1. The Morgan fingerprint density at radius 1 is 1.23 bits per heavy atom. The van der Waals surface area contributed by atoms with E-state index < -0.39 is 9.84 Å². The Morgan fingerprint density at radius 3 is 2.55 bits per heavy atom. The maximum absolute atomic E-state index is 12.1. The Bertz CT molecular complexity index is 636. The number of nitriles is 1. The first kappa shape index (κ1) is 16.7. The number of hydrogen-bond donors (Lipinski definition) is 1. The van der Waals surface area contributed by atoms with Gasteiger partial charge in [-0.15, -0.1) is 0 Å². The monoisotopic (exact) mass is 318 g/mol. The summed E-state index contributed by atoms with van der Waals surface area (Å²) in [7, 11) is -3.02. The van der Waals surface area contributed by atoms with Gasteiger partial charge in [-0.05, 0) is 56.0 Å². The fraction of sp³-hybridized carbons (Fsp3) is 0.471. The standard InChI is InChI=1S/C17H22N2O2S/c18-14-17-5-3-15(4-6-17)2-1-12-22(20,21)13-9-16-7-10-19-11-8-16/h1-6,16,19H,7-13H2. The molecule has 0 saturated carbocycles. The Kier molecular flexibility index (Phi) is 6.17. The highest BCUT2D eigenvalue weighted by atomic mass is 32.2. The molecule has 1 aromatic rings. The van der Waals surface area contributed by atoms with Crippen LogP contribution in [0, 0.1) is 17.2 Å². The number of sulfone groups is 1. The van der Waals surface area contributed by atoms with Crippen LogP contribution in [-0.4, -0.2) is 33.0 Å². The molecule has 22 heavy (non-hydrogen) atoms. The van der Waals surface area contributed by atoms with Crippen molar-refractivity contribution in [3.8, 4) is 6.07 Å². The van der Waals surface area contributed by atoms with Gasteiger partial charge in [0.25, 0.3) is 0 Å². The van der Waals surface area contributed by atoms with Crippen LogP contribution in [0.1, 0.15) is 30.4 Å². The van der Waals surface area contributed by atoms with Crippen molar-refractivity contribution in [2.75, 3.05) is 24.6 Å². The number of nitrogens with zero attached hydrogens (tertiary/aromatic N) is 1. The summed E-state index contributed by atoms with van der Waals surface area (Å²) in [5.41, 5.74) is 1.51. The maximum Gasteiger partial charge on any atom is 0.153 e. The van der Waals surface area contributed by atoms with E-state index in [1.807, 2.05) is 12.1 Å². The van der Waals surface area contributed by atoms with Crippen LogP contribution in [0.15, 0.2) is 30.3 Å². The van der Waals surface area contributed by atoms with Crippen LogP contribution in [0.5, 0.6) is 0 Å². The molecule has 1 aliphatic heterocycles. The lowest BCUT2D eigenvalue weighted by Gasteiger charge is -2.22. The summed E-state index contributed by atoms with van der Waals surface area (Å²) in [6.07, 6.45) is 6.42. The van der Waals surface area contributed by atoms with Gasteiger partial charge in [0.1, 0.15) is 0 Å². The zero-order valence-corrected chi connectivity index (χ0v) is 13.5. The van der Waals surface area contributed by atoms with Crippen molar-refractivity contribution in [1.82, 2.24) is 5.32 Å². The summed E-state index contributed by atoms with van der Waals surface area (Å²) in [6.45, 7) is 2.01. The van der Waals surface area contributed by atoms with Gasteiger partial charge in [-0.25, -0.2) is 8.42 Å². The minimum absolute atomic E-state index is 0.0813. The van der Waals surface area contributed by atoms with E-state index in [4.69, 9.17) is 5.26 Å². The normalized spacial score (nSPS) is 16.7. The van der Waals surface area contributed by atoms with Crippen LogP contribution in [0.4, 0.5) is 0 Å². The smallest absolute Gasteiger partial charge is 0.153 e. The highest BCUT2D eigenvalue weighted by Gasteiger charge is 2.16. The van der Waals surface area contributed by atoms with E-state index in [1.165, 1.54) is 0 Å². The average molecular weight is 318 g/mol. The molecule has 4 nitrogen and oxygen atoms in total. The summed E-state index contributed by atoms with van der Waals surface area (Å²) < 4.78 is 24.1. The third-order valence-corrected chi connectivity index (χ3v) is 5.55. The van der Waals surface area contributed by atoms with Crippen LogP contribution in [0.25, 0.3) is 6.08 Å². The van der Waals surface area contributed by atoms with Crippen molar-refractivity contribution >= 4 is 15.9 Å². The molecular weight excluding hydrogens is 296 g/mol. The van der Waals surface area contributed by atoms with Crippen molar-refractivity contribution in [2.24, 2.45) is 5.92 Å². The molecule has 0 atom stereocenters. The number of benzene rings is 1. The molecule has 1 N–H and O–H groups in total. The van der Waals surface area contributed by atoms with Gasteiger partial charge in [-0.2, -0.15) is 5.26 Å². The fourth-order valence-corrected chi connectivity index (χ4v) is 3.85. The Hall–Kier alpha value is -1.64. The van der Waals surface area contributed by atoms with E-state index >= 15 is 0 Å². The summed E-state index contributed by atoms with van der Waals surface area (Å²) in [5, 5.41) is 12.0. The topological polar surface area (TPSA) is 70.0 Å². The lowest BCUT2D eigenvalue weighted by molar-refractivity contribution is 0.365. The molecule has 0 spiro atoms. The second kappa shape index (κ2) is 8.11. The summed E-state index contributed by atoms with van der Waals surface area (Å²) in [6, 6.07) is 9.15. The molecule has 0 bridgehead atoms. The molecule has 0 aromatic heterocycles. The van der Waals surface area contributed by atoms with Crippen molar-refractivity contribution in [2.45, 2.75) is 19.3 Å². The maximum atomic E-state index is 12.1. The van der Waals surface area contributed by atoms with Gasteiger partial charge in [0.15, 0.2) is 9.84 Å². The molecular formula is C17H22N2O2S. The van der Waals surface area contributed by atoms with Gasteiger partial charge >= 0.3 is 0 Å². The van der Waals surface area contributed by atoms with Crippen molar-refractivity contribution < 1.29 is 8.42 Å². The van der Waals surface area contributed by atoms with E-state index in [9.17, 15) is 8.42 Å². The van der Waals surface area contributed by atoms with Gasteiger partial charge in [-0.3, -0.25) is 0 Å². The molecule has 118 valence electrons. The second-order valence-electron chi connectivity index (χ2n) is 5.73. The van der Waals surface area contributed by atoms with Crippen LogP contribution >= 0.6 is 0 Å². The first-order valence-electron chi connectivity index (χ1n) is 7.67. The van der Waals surface area contributed by atoms with Crippen LogP contribution < -0.4 is 5.32 Å². The quantitative estimate of drug-likeness (QED) is 0.874. The fourth-order valence-electron chi connectivity index (χ4n) is 2.60. The minimum atomic E-state index is -3.02. The van der Waals surface area contributed by atoms with Crippen molar-refractivity contribution in [3.63, 3.8) is 0 Å². The summed E-state index contributed by atoms with van der Waals surface area (Å²) in [5.74, 6) is 0.895. The van der Waals surface area contributed by atoms with E-state index in [0.29, 0.717) is 11.5 Å². The third kappa shape index (κ3) is 5.63. The number of nitrogens with one attached hydrogen (secondary N) is 1. The Balaban J connectivity index is 1.80. The predicted molar refractivity (Wildman–Crippen MR) is 89.1 cm³/mol. The van der Waals surface area contributed by atoms with Gasteiger partial charge in [0.2, 0.25) is 0 Å². The predicted octanol–water partition coefficient (Wildman–Crippen LogP) is 2.38. The molecule has 0 amide bonds. The molecule has 1 saturated heterocycles. The highest BCUT2D eigenvalue weighted by Crippen LogP contribution is 2.17. The van der Waals surface area contributed by atoms with Gasteiger partial charge in [0, 0.05) is 0 Å². The van der Waals surface area contributed by atoms with Crippen LogP contribution in [0.2, 0.25) is 0 Å². The molecule has 0 radical (unpaired) electrons. The first-order valence-corrected chi connectivity index (χ1v) is 9.49. The zero-order chi connectivity index (χ0) is 15.8. The molecule has 5 heteroatoms. The van der Waals surface area contributed by atoms with Crippen molar-refractivity contribution in [3.05, 3.63) is 41.5 Å². The lowest BCUT2D eigenvalue weighted by atomic mass is 9.96. The number of rotatable bonds is 6. The van der Waals surface area contributed by atoms with Gasteiger partial charge < -0.3 is 5.32 Å². The van der Waals surface area contributed by atoms with Crippen LogP contribution in [0.3, 0.4) is 0 Å². The molecule has 1 fully saturated rings. The first-order chi connectivity index (χ1) is 10.6. The van der Waals surface area contributed by atoms with Gasteiger partial charge in [0.05, 0.1) is 23.1 Å². The molecule has 1 aliphatic rings. The molecule has 1 aromatic carbocycles. The average Bonchev–Trinajstić information content (AvgIpc) is 2.55. The van der Waals surface area contributed by atoms with Crippen molar-refractivity contribution in [1.29, 1.82) is 5.26 Å². The molecule has 0 aliphatic carbocycles. The summed E-state index contributed by atoms with van der Waals surface area (Å²) in [4.78, 5) is 0. The molecule has 2 rings (SSSR count). The van der Waals surface area contributed by atoms with Crippen LogP contribution in [-0.2, 0) is 9.84 Å². The third-order valence-electron chi connectivity index (χ3n) is 4.00. The van der Waals surface area contributed by atoms with E-state index in [-0.39, 0.29) is 11.5 Å². The minimum Gasteiger partial charge on any atom is -0.317 e. The zero-order valence-electron chi connectivity index (χ0n) is 12.7. The molecule has 1 heterocycles.